The molecule has 5 heterocycles. The fourth-order valence-corrected chi connectivity index (χ4v) is 8.38. The molecule has 2 aliphatic heterocycles. The van der Waals surface area contributed by atoms with Crippen molar-refractivity contribution in [2.45, 2.75) is 87.1 Å². The van der Waals surface area contributed by atoms with Crippen molar-refractivity contribution in [3.8, 4) is 17.5 Å². The molecule has 4 aromatic rings. The second-order valence-electron chi connectivity index (χ2n) is 13.6. The summed E-state index contributed by atoms with van der Waals surface area (Å²) < 4.78 is 59.9. The molecule has 262 valence electrons. The molecule has 0 radical (unpaired) electrons. The Bertz CT molecular complexity index is 2130. The average molecular weight is 706 g/mol. The molecule has 3 aromatic heterocycles. The average Bonchev–Trinajstić information content (AvgIpc) is 3.88. The van der Waals surface area contributed by atoms with Gasteiger partial charge in [0.2, 0.25) is 27.4 Å². The summed E-state index contributed by atoms with van der Waals surface area (Å²) in [6.45, 7) is 0.0476. The summed E-state index contributed by atoms with van der Waals surface area (Å²) in [5, 5.41) is 2.67. The molecule has 0 unspecified atom stereocenters. The summed E-state index contributed by atoms with van der Waals surface area (Å²) in [4.78, 5) is 51.9. The third-order valence-corrected chi connectivity index (χ3v) is 11.8. The third-order valence-electron chi connectivity index (χ3n) is 9.99. The number of nitrogens with zero attached hydrogens (tertiary/aromatic N) is 3. The van der Waals surface area contributed by atoms with Gasteiger partial charge in [0, 0.05) is 24.1 Å². The molecule has 2 saturated carbocycles. The van der Waals surface area contributed by atoms with E-state index in [1.165, 1.54) is 29.4 Å². The van der Waals surface area contributed by atoms with Crippen LogP contribution in [0, 0.1) is 11.7 Å². The van der Waals surface area contributed by atoms with Crippen molar-refractivity contribution < 1.29 is 40.8 Å². The Balaban J connectivity index is 1.11. The van der Waals surface area contributed by atoms with E-state index in [9.17, 15) is 27.2 Å². The van der Waals surface area contributed by atoms with E-state index < -0.39 is 56.5 Å². The Labute approximate surface area is 286 Å². The van der Waals surface area contributed by atoms with Crippen molar-refractivity contribution in [3.05, 3.63) is 54.6 Å². The number of hydrogen-bond acceptors (Lipinski definition) is 10. The van der Waals surface area contributed by atoms with Gasteiger partial charge in [0.05, 0.1) is 18.1 Å². The highest BCUT2D eigenvalue weighted by molar-refractivity contribution is 7.91. The minimum atomic E-state index is -3.86. The zero-order chi connectivity index (χ0) is 34.6. The predicted molar refractivity (Wildman–Crippen MR) is 177 cm³/mol. The maximum Gasteiger partial charge on any atom is 0.262 e. The van der Waals surface area contributed by atoms with Crippen LogP contribution < -0.4 is 14.8 Å². The first kappa shape index (κ1) is 32.4. The summed E-state index contributed by atoms with van der Waals surface area (Å²) in [6, 6.07) is 6.41. The molecule has 15 heteroatoms. The SMILES string of the molecule is O=C1N[C@]2(C(=O)NS(=O)(=O)C3CC3)C[C@H]2/C=C\CCCCCCC(=O)N2C[C@H](Oc3nc(-c4ccco4)nc4c3oc3ccc(F)cc34)C[C@@H]12. The number of allylic oxidation sites excluding steroid dienone is 1. The zero-order valence-electron chi connectivity index (χ0n) is 27.1. The number of benzene rings is 1. The topological polar surface area (TPSA) is 174 Å². The van der Waals surface area contributed by atoms with Gasteiger partial charge in [-0.15, -0.1) is 0 Å². The lowest BCUT2D eigenvalue weighted by Crippen LogP contribution is -2.56. The second kappa shape index (κ2) is 12.5. The van der Waals surface area contributed by atoms with Crippen molar-refractivity contribution in [3.63, 3.8) is 0 Å². The van der Waals surface area contributed by atoms with Gasteiger partial charge in [-0.1, -0.05) is 25.0 Å². The second-order valence-corrected chi connectivity index (χ2v) is 15.6. The van der Waals surface area contributed by atoms with Crippen LogP contribution in [0.5, 0.6) is 5.88 Å². The number of hydrogen-bond donors (Lipinski definition) is 2. The quantitative estimate of drug-likeness (QED) is 0.272. The lowest BCUT2D eigenvalue weighted by molar-refractivity contribution is -0.139. The number of nitrogens with one attached hydrogen (secondary N) is 2. The first-order chi connectivity index (χ1) is 24.1. The number of sulfonamides is 1. The highest BCUT2D eigenvalue weighted by atomic mass is 32.2. The Morgan fingerprint density at radius 1 is 1.12 bits per heavy atom. The van der Waals surface area contributed by atoms with Gasteiger partial charge in [0.25, 0.3) is 11.8 Å². The number of carbonyl (C=O) groups excluding carboxylic acids is 3. The molecule has 50 heavy (non-hydrogen) atoms. The van der Waals surface area contributed by atoms with Crippen LogP contribution in [0.25, 0.3) is 33.7 Å². The van der Waals surface area contributed by atoms with Gasteiger partial charge in [0.15, 0.2) is 11.6 Å². The van der Waals surface area contributed by atoms with Crippen LogP contribution in [0.1, 0.15) is 64.2 Å². The Morgan fingerprint density at radius 2 is 1.96 bits per heavy atom. The summed E-state index contributed by atoms with van der Waals surface area (Å²) in [6.07, 6.45) is 10.2. The third kappa shape index (κ3) is 6.11. The summed E-state index contributed by atoms with van der Waals surface area (Å²) in [5.41, 5.74) is -0.615. The zero-order valence-corrected chi connectivity index (χ0v) is 27.9. The molecular formula is C35H36FN5O8S. The molecule has 2 aliphatic carbocycles. The molecule has 4 aliphatic rings. The fourth-order valence-electron chi connectivity index (χ4n) is 7.01. The monoisotopic (exact) mass is 705 g/mol. The van der Waals surface area contributed by atoms with Crippen molar-refractivity contribution in [2.24, 2.45) is 5.92 Å². The fraction of sp³-hybridized carbons (Fsp3) is 0.457. The molecule has 1 aromatic carbocycles. The minimum absolute atomic E-state index is 0.0344. The van der Waals surface area contributed by atoms with Gasteiger partial charge in [0.1, 0.15) is 34.6 Å². The summed E-state index contributed by atoms with van der Waals surface area (Å²) >= 11 is 0. The van der Waals surface area contributed by atoms with Crippen LogP contribution in [0.4, 0.5) is 4.39 Å². The molecule has 3 amide bonds. The van der Waals surface area contributed by atoms with Gasteiger partial charge in [-0.05, 0) is 68.9 Å². The molecule has 4 atom stereocenters. The van der Waals surface area contributed by atoms with Crippen LogP contribution >= 0.6 is 0 Å². The number of ether oxygens (including phenoxy) is 1. The minimum Gasteiger partial charge on any atom is -0.470 e. The molecule has 3 fully saturated rings. The van der Waals surface area contributed by atoms with Gasteiger partial charge >= 0.3 is 0 Å². The molecule has 0 spiro atoms. The molecule has 13 nitrogen and oxygen atoms in total. The summed E-state index contributed by atoms with van der Waals surface area (Å²) in [7, 11) is -3.86. The van der Waals surface area contributed by atoms with E-state index >= 15 is 0 Å². The number of furan rings is 2. The van der Waals surface area contributed by atoms with Crippen molar-refractivity contribution in [1.82, 2.24) is 24.9 Å². The Morgan fingerprint density at radius 3 is 2.76 bits per heavy atom. The van der Waals surface area contributed by atoms with Gasteiger partial charge in [-0.25, -0.2) is 17.8 Å². The van der Waals surface area contributed by atoms with Crippen molar-refractivity contribution in [2.75, 3.05) is 6.54 Å². The molecule has 8 rings (SSSR count). The maximum absolute atomic E-state index is 14.3. The Hall–Kier alpha value is -4.79. The number of rotatable bonds is 6. The first-order valence-corrected chi connectivity index (χ1v) is 18.6. The van der Waals surface area contributed by atoms with Crippen LogP contribution in [0.15, 0.2) is 57.6 Å². The van der Waals surface area contributed by atoms with Gasteiger partial charge in [-0.3, -0.25) is 19.1 Å². The van der Waals surface area contributed by atoms with E-state index in [4.69, 9.17) is 13.6 Å². The number of carbonyl (C=O) groups is 3. The Kier molecular flexibility index (Phi) is 8.11. The van der Waals surface area contributed by atoms with E-state index in [0.29, 0.717) is 41.5 Å². The van der Waals surface area contributed by atoms with Crippen molar-refractivity contribution in [1.29, 1.82) is 0 Å². The molecule has 1 saturated heterocycles. The predicted octanol–water partition coefficient (Wildman–Crippen LogP) is 4.52. The molecule has 0 bridgehead atoms. The van der Waals surface area contributed by atoms with Crippen molar-refractivity contribution >= 4 is 49.8 Å². The molecule has 2 N–H and O–H groups in total. The largest absolute Gasteiger partial charge is 0.470 e. The number of fused-ring (bicyclic) bond motifs is 5. The van der Waals surface area contributed by atoms with E-state index in [-0.39, 0.29) is 49.0 Å². The smallest absolute Gasteiger partial charge is 0.262 e. The van der Waals surface area contributed by atoms with Crippen LogP contribution in [0.2, 0.25) is 0 Å². The standard InChI is InChI=1S/C35H36FN5O8S/c36-21-11-14-26-24(16-21)29-30(49-26)33(38-31(37-29)27-9-7-15-47-27)48-22-17-25-32(43)39-35(34(44)40-50(45,46)23-12-13-23)18-20(35)8-5-3-1-2-4-6-10-28(42)41(25)19-22/h5,7-9,11,14-16,20,22-23,25H,1-4,6,10,12-13,17-19H2,(H,39,43)(H,40,44)/b8-5-/t20-,22-,25+,35-/m1/s1. The van der Waals surface area contributed by atoms with E-state index in [1.807, 2.05) is 12.2 Å². The first-order valence-electron chi connectivity index (χ1n) is 17.1. The molecular weight excluding hydrogens is 669 g/mol. The van der Waals surface area contributed by atoms with E-state index in [2.05, 4.69) is 20.0 Å². The summed E-state index contributed by atoms with van der Waals surface area (Å²) in [5.74, 6) is -1.88. The number of aromatic nitrogens is 2. The van der Waals surface area contributed by atoms with Crippen LogP contribution in [0.3, 0.4) is 0 Å². The maximum atomic E-state index is 14.3. The van der Waals surface area contributed by atoms with Crippen LogP contribution in [-0.4, -0.2) is 70.5 Å². The van der Waals surface area contributed by atoms with Gasteiger partial charge in [-0.2, -0.15) is 4.98 Å². The number of halogens is 1. The van der Waals surface area contributed by atoms with Crippen LogP contribution in [-0.2, 0) is 24.4 Å². The highest BCUT2D eigenvalue weighted by Crippen LogP contribution is 2.46. The number of amides is 3. The van der Waals surface area contributed by atoms with E-state index in [1.54, 1.807) is 12.1 Å². The van der Waals surface area contributed by atoms with Gasteiger partial charge < -0.3 is 23.8 Å². The lowest BCUT2D eigenvalue weighted by Gasteiger charge is -2.26. The van der Waals surface area contributed by atoms with E-state index in [0.717, 1.165) is 25.7 Å². The normalized spacial score (nSPS) is 26.8. The highest BCUT2D eigenvalue weighted by Gasteiger charge is 2.62. The lowest BCUT2D eigenvalue weighted by atomic mass is 10.1.